The molecule has 1 saturated carbocycles. The molecule has 1 aromatic carbocycles. The second kappa shape index (κ2) is 5.62. The molecule has 0 amide bonds. The maximum absolute atomic E-state index is 12.9. The lowest BCUT2D eigenvalue weighted by Gasteiger charge is -2.48. The van der Waals surface area contributed by atoms with Crippen LogP contribution in [0, 0.1) is 5.92 Å². The first-order valence-corrected chi connectivity index (χ1v) is 8.63. The normalized spacial score (nSPS) is 31.0. The summed E-state index contributed by atoms with van der Waals surface area (Å²) in [5.74, 6) is 0.0598. The first-order chi connectivity index (χ1) is 11.1. The molecular weight excluding hydrogens is 314 g/mol. The van der Waals surface area contributed by atoms with Crippen LogP contribution in [0.1, 0.15) is 43.7 Å². The smallest absolute Gasteiger partial charge is 0.197 e. The van der Waals surface area contributed by atoms with Crippen LogP contribution in [0.2, 0.25) is 5.02 Å². The molecule has 2 fully saturated rings. The number of nitrogens with one attached hydrogen (secondary N) is 1. The summed E-state index contributed by atoms with van der Waals surface area (Å²) in [7, 11) is 0. The zero-order chi connectivity index (χ0) is 16.0. The number of piperidine rings is 1. The van der Waals surface area contributed by atoms with Crippen molar-refractivity contribution in [2.24, 2.45) is 5.92 Å². The van der Waals surface area contributed by atoms with Crippen molar-refractivity contribution in [3.63, 3.8) is 0 Å². The molecule has 0 spiro atoms. The topological polar surface area (TPSA) is 62.5 Å². The summed E-state index contributed by atoms with van der Waals surface area (Å²) in [6.07, 6.45) is 6.20. The van der Waals surface area contributed by atoms with Crippen molar-refractivity contribution in [3.05, 3.63) is 45.3 Å². The number of aliphatic hydroxyl groups is 1. The van der Waals surface area contributed by atoms with Crippen LogP contribution in [0.4, 0.5) is 0 Å². The van der Waals surface area contributed by atoms with Crippen molar-refractivity contribution in [1.82, 2.24) is 5.32 Å². The Morgan fingerprint density at radius 2 is 2.17 bits per heavy atom. The number of rotatable bonds is 1. The van der Waals surface area contributed by atoms with Crippen LogP contribution in [0.3, 0.4) is 0 Å². The van der Waals surface area contributed by atoms with Crippen LogP contribution in [0.15, 0.2) is 33.7 Å². The molecule has 4 rings (SSSR count). The lowest BCUT2D eigenvalue weighted by Crippen LogP contribution is -2.54. The van der Waals surface area contributed by atoms with Gasteiger partial charge in [0.2, 0.25) is 0 Å². The summed E-state index contributed by atoms with van der Waals surface area (Å²) in [5, 5.41) is 15.4. The molecular formula is C18H20ClNO3. The third-order valence-corrected chi connectivity index (χ3v) is 5.72. The minimum Gasteiger partial charge on any atom is -0.464 e. The minimum atomic E-state index is -0.663. The predicted octanol–water partition coefficient (Wildman–Crippen LogP) is 3.40. The van der Waals surface area contributed by atoms with Gasteiger partial charge in [-0.1, -0.05) is 24.4 Å². The summed E-state index contributed by atoms with van der Waals surface area (Å²) < 4.78 is 5.66. The quantitative estimate of drug-likeness (QED) is 0.839. The highest BCUT2D eigenvalue weighted by molar-refractivity contribution is 6.31. The van der Waals surface area contributed by atoms with Crippen molar-refractivity contribution in [3.8, 4) is 0 Å². The molecule has 1 saturated heterocycles. The molecule has 2 N–H and O–H groups in total. The van der Waals surface area contributed by atoms with Gasteiger partial charge in [-0.15, -0.1) is 0 Å². The van der Waals surface area contributed by atoms with E-state index in [1.54, 1.807) is 24.5 Å². The lowest BCUT2D eigenvalue weighted by molar-refractivity contribution is -0.0864. The Morgan fingerprint density at radius 3 is 3.04 bits per heavy atom. The fourth-order valence-corrected chi connectivity index (χ4v) is 4.45. The molecule has 5 heteroatoms. The number of hydrogen-bond donors (Lipinski definition) is 2. The van der Waals surface area contributed by atoms with Crippen LogP contribution in [-0.2, 0) is 0 Å². The Kier molecular flexibility index (Phi) is 3.71. The van der Waals surface area contributed by atoms with Gasteiger partial charge in [0.15, 0.2) is 5.43 Å². The minimum absolute atomic E-state index is 0.0546. The molecule has 2 heterocycles. The standard InChI is InChI=1S/C18H20ClNO3/c19-11-4-5-15-12(9-11)17(21)13(10-23-15)16-14-3-1-2-6-18(14,22)7-8-20-16/h4-5,9-10,14,16,20,22H,1-3,6-8H2. The zero-order valence-electron chi connectivity index (χ0n) is 12.8. The number of fused-ring (bicyclic) bond motifs is 2. The zero-order valence-corrected chi connectivity index (χ0v) is 13.6. The number of hydrogen-bond acceptors (Lipinski definition) is 4. The van der Waals surface area contributed by atoms with Crippen molar-refractivity contribution < 1.29 is 9.52 Å². The van der Waals surface area contributed by atoms with Gasteiger partial charge in [0.05, 0.1) is 22.8 Å². The molecule has 1 aromatic heterocycles. The van der Waals surface area contributed by atoms with Crippen LogP contribution in [-0.4, -0.2) is 17.3 Å². The molecule has 1 aliphatic carbocycles. The van der Waals surface area contributed by atoms with Crippen molar-refractivity contribution >= 4 is 22.6 Å². The number of benzene rings is 1. The molecule has 23 heavy (non-hydrogen) atoms. The fourth-order valence-electron chi connectivity index (χ4n) is 4.28. The maximum Gasteiger partial charge on any atom is 0.197 e. The average molecular weight is 334 g/mol. The van der Waals surface area contributed by atoms with E-state index >= 15 is 0 Å². The van der Waals surface area contributed by atoms with E-state index in [-0.39, 0.29) is 17.4 Å². The van der Waals surface area contributed by atoms with E-state index in [1.807, 2.05) is 0 Å². The molecule has 3 atom stereocenters. The summed E-state index contributed by atoms with van der Waals surface area (Å²) in [4.78, 5) is 12.9. The van der Waals surface area contributed by atoms with E-state index in [9.17, 15) is 9.90 Å². The molecule has 2 aromatic rings. The Hall–Kier alpha value is -1.36. The van der Waals surface area contributed by atoms with E-state index < -0.39 is 5.60 Å². The van der Waals surface area contributed by atoms with Gasteiger partial charge in [-0.3, -0.25) is 4.79 Å². The van der Waals surface area contributed by atoms with Crippen LogP contribution >= 0.6 is 11.6 Å². The van der Waals surface area contributed by atoms with Crippen molar-refractivity contribution in [1.29, 1.82) is 0 Å². The Balaban J connectivity index is 1.82. The van der Waals surface area contributed by atoms with Gasteiger partial charge in [-0.25, -0.2) is 0 Å². The second-order valence-corrected chi connectivity index (χ2v) is 7.23. The van der Waals surface area contributed by atoms with Gasteiger partial charge in [-0.05, 0) is 44.0 Å². The van der Waals surface area contributed by atoms with E-state index in [2.05, 4.69) is 5.32 Å². The summed E-state index contributed by atoms with van der Waals surface area (Å²) in [6, 6.07) is 4.93. The largest absolute Gasteiger partial charge is 0.464 e. The summed E-state index contributed by atoms with van der Waals surface area (Å²) in [6.45, 7) is 0.713. The Labute approximate surface area is 139 Å². The van der Waals surface area contributed by atoms with Gasteiger partial charge in [0.1, 0.15) is 5.58 Å². The predicted molar refractivity (Wildman–Crippen MR) is 89.8 cm³/mol. The highest BCUT2D eigenvalue weighted by Crippen LogP contribution is 2.45. The Morgan fingerprint density at radius 1 is 1.30 bits per heavy atom. The Bertz CT molecular complexity index is 798. The lowest BCUT2D eigenvalue weighted by atomic mass is 9.67. The molecule has 2 aliphatic rings. The third-order valence-electron chi connectivity index (χ3n) is 5.49. The van der Waals surface area contributed by atoms with Crippen LogP contribution < -0.4 is 10.7 Å². The van der Waals surface area contributed by atoms with Crippen molar-refractivity contribution in [2.75, 3.05) is 6.54 Å². The number of halogens is 1. The maximum atomic E-state index is 12.9. The first-order valence-electron chi connectivity index (χ1n) is 8.25. The molecule has 4 nitrogen and oxygen atoms in total. The van der Waals surface area contributed by atoms with Crippen LogP contribution in [0.5, 0.6) is 0 Å². The first kappa shape index (κ1) is 15.2. The molecule has 3 unspecified atom stereocenters. The summed E-state index contributed by atoms with van der Waals surface area (Å²) >= 11 is 6.03. The average Bonchev–Trinajstić information content (AvgIpc) is 2.55. The van der Waals surface area contributed by atoms with Crippen molar-refractivity contribution in [2.45, 2.75) is 43.7 Å². The van der Waals surface area contributed by atoms with Gasteiger partial charge < -0.3 is 14.8 Å². The molecule has 1 aliphatic heterocycles. The summed E-state index contributed by atoms with van der Waals surface area (Å²) in [5.41, 5.74) is 0.424. The third kappa shape index (κ3) is 2.49. The van der Waals surface area contributed by atoms with Crippen LogP contribution in [0.25, 0.3) is 11.0 Å². The highest BCUT2D eigenvalue weighted by Gasteiger charge is 2.46. The second-order valence-electron chi connectivity index (χ2n) is 6.80. The molecule has 122 valence electrons. The fraction of sp³-hybridized carbons (Fsp3) is 0.500. The van der Waals surface area contributed by atoms with E-state index in [0.717, 1.165) is 32.1 Å². The highest BCUT2D eigenvalue weighted by atomic mass is 35.5. The monoisotopic (exact) mass is 333 g/mol. The van der Waals surface area contributed by atoms with E-state index in [1.165, 1.54) is 0 Å². The van der Waals surface area contributed by atoms with E-state index in [4.69, 9.17) is 16.0 Å². The van der Waals surface area contributed by atoms with Gasteiger partial charge in [-0.2, -0.15) is 0 Å². The van der Waals surface area contributed by atoms with Gasteiger partial charge in [0, 0.05) is 17.0 Å². The van der Waals surface area contributed by atoms with Gasteiger partial charge >= 0.3 is 0 Å². The van der Waals surface area contributed by atoms with E-state index in [0.29, 0.717) is 28.1 Å². The molecule has 0 bridgehead atoms. The SMILES string of the molecule is O=c1c(C2NCCC3(O)CCCCC23)coc2ccc(Cl)cc12. The van der Waals surface area contributed by atoms with Gasteiger partial charge in [0.25, 0.3) is 0 Å². The molecule has 0 radical (unpaired) electrons.